The topological polar surface area (TPSA) is 41.9 Å². The van der Waals surface area contributed by atoms with Crippen LogP contribution in [-0.2, 0) is 4.74 Å². The van der Waals surface area contributed by atoms with Gasteiger partial charge in [-0.3, -0.25) is 0 Å². The Hall–Kier alpha value is -1.17. The number of hydrogen-bond donors (Lipinski definition) is 1. The Bertz CT molecular complexity index is 418. The molecule has 0 saturated carbocycles. The van der Waals surface area contributed by atoms with Crippen LogP contribution in [0.4, 0.5) is 4.39 Å². The molecule has 1 aromatic carbocycles. The van der Waals surface area contributed by atoms with E-state index in [1.807, 2.05) is 7.05 Å². The highest BCUT2D eigenvalue weighted by Crippen LogP contribution is 2.21. The summed E-state index contributed by atoms with van der Waals surface area (Å²) >= 11 is 0. The van der Waals surface area contributed by atoms with Gasteiger partial charge in [-0.2, -0.15) is 0 Å². The Morgan fingerprint density at radius 2 is 1.95 bits per heavy atom. The second-order valence-electron chi connectivity index (χ2n) is 5.73. The fourth-order valence-electron chi connectivity index (χ4n) is 2.55. The van der Waals surface area contributed by atoms with Crippen molar-refractivity contribution in [1.29, 1.82) is 0 Å². The Balaban J connectivity index is 1.62. The lowest BCUT2D eigenvalue weighted by Crippen LogP contribution is -2.46. The van der Waals surface area contributed by atoms with Crippen molar-refractivity contribution in [1.82, 2.24) is 4.90 Å². The highest BCUT2D eigenvalue weighted by atomic mass is 19.1. The lowest BCUT2D eigenvalue weighted by Gasteiger charge is -2.35. The number of likely N-dealkylation sites (N-methyl/N-ethyl adjacent to an activating group) is 1. The third-order valence-corrected chi connectivity index (χ3v) is 3.75. The molecule has 0 aliphatic carbocycles. The Kier molecular flexibility index (Phi) is 5.96. The standard InChI is InChI=1S/C16H24FNO3/c1-18(13-16(19)7-11-20-12-8-16)9-2-10-21-15-5-3-14(17)4-6-15/h3-6,19H,2,7-13H2,1H3. The predicted molar refractivity (Wildman–Crippen MR) is 79.0 cm³/mol. The fourth-order valence-corrected chi connectivity index (χ4v) is 2.55. The highest BCUT2D eigenvalue weighted by Gasteiger charge is 2.30. The zero-order chi connectivity index (χ0) is 15.1. The molecule has 0 aromatic heterocycles. The molecular weight excluding hydrogens is 273 g/mol. The molecule has 2 rings (SSSR count). The molecule has 0 spiro atoms. The molecule has 1 aromatic rings. The molecule has 1 aliphatic heterocycles. The molecule has 1 N–H and O–H groups in total. The zero-order valence-electron chi connectivity index (χ0n) is 12.6. The number of ether oxygens (including phenoxy) is 2. The van der Waals surface area contributed by atoms with Crippen molar-refractivity contribution in [2.75, 3.05) is 40.0 Å². The summed E-state index contributed by atoms with van der Waals surface area (Å²) in [5, 5.41) is 10.4. The van der Waals surface area contributed by atoms with Crippen LogP contribution in [0.2, 0.25) is 0 Å². The minimum Gasteiger partial charge on any atom is -0.494 e. The first-order chi connectivity index (χ1) is 10.1. The van der Waals surface area contributed by atoms with Crippen molar-refractivity contribution in [3.05, 3.63) is 30.1 Å². The lowest BCUT2D eigenvalue weighted by molar-refractivity contribution is -0.0770. The molecule has 1 aliphatic rings. The Morgan fingerprint density at radius 3 is 2.62 bits per heavy atom. The van der Waals surface area contributed by atoms with Crippen LogP contribution in [0.5, 0.6) is 5.75 Å². The van der Waals surface area contributed by atoms with E-state index >= 15 is 0 Å². The van der Waals surface area contributed by atoms with E-state index in [-0.39, 0.29) is 5.82 Å². The molecule has 0 unspecified atom stereocenters. The number of halogens is 1. The van der Waals surface area contributed by atoms with E-state index in [1.54, 1.807) is 12.1 Å². The SMILES string of the molecule is CN(CCCOc1ccc(F)cc1)CC1(O)CCOCC1. The first-order valence-electron chi connectivity index (χ1n) is 7.44. The summed E-state index contributed by atoms with van der Waals surface area (Å²) in [7, 11) is 2.01. The van der Waals surface area contributed by atoms with Gasteiger partial charge < -0.3 is 19.5 Å². The van der Waals surface area contributed by atoms with E-state index in [2.05, 4.69) is 4.90 Å². The second-order valence-corrected chi connectivity index (χ2v) is 5.73. The summed E-state index contributed by atoms with van der Waals surface area (Å²) < 4.78 is 23.6. The van der Waals surface area contributed by atoms with Crippen LogP contribution in [0.25, 0.3) is 0 Å². The fraction of sp³-hybridized carbons (Fsp3) is 0.625. The number of benzene rings is 1. The minimum absolute atomic E-state index is 0.258. The average molecular weight is 297 g/mol. The van der Waals surface area contributed by atoms with Crippen LogP contribution in [0, 0.1) is 5.82 Å². The van der Waals surface area contributed by atoms with Gasteiger partial charge >= 0.3 is 0 Å². The second kappa shape index (κ2) is 7.73. The Labute approximate surface area is 125 Å². The molecule has 0 bridgehead atoms. The normalized spacial score (nSPS) is 17.9. The first kappa shape index (κ1) is 16.2. The van der Waals surface area contributed by atoms with E-state index in [0.717, 1.165) is 13.0 Å². The van der Waals surface area contributed by atoms with Crippen LogP contribution in [0.3, 0.4) is 0 Å². The maximum atomic E-state index is 12.7. The molecule has 0 atom stereocenters. The lowest BCUT2D eigenvalue weighted by atomic mass is 9.94. The van der Waals surface area contributed by atoms with E-state index in [9.17, 15) is 9.50 Å². The molecule has 0 amide bonds. The van der Waals surface area contributed by atoms with E-state index in [4.69, 9.17) is 9.47 Å². The van der Waals surface area contributed by atoms with Crippen LogP contribution in [0.1, 0.15) is 19.3 Å². The van der Waals surface area contributed by atoms with Gasteiger partial charge in [-0.15, -0.1) is 0 Å². The summed E-state index contributed by atoms with van der Waals surface area (Å²) in [6.45, 7) is 3.37. The van der Waals surface area contributed by atoms with Gasteiger partial charge in [0.25, 0.3) is 0 Å². The van der Waals surface area contributed by atoms with E-state index < -0.39 is 5.60 Å². The number of rotatable bonds is 7. The van der Waals surface area contributed by atoms with Crippen molar-refractivity contribution in [3.8, 4) is 5.75 Å². The number of hydrogen-bond acceptors (Lipinski definition) is 4. The monoisotopic (exact) mass is 297 g/mol. The van der Waals surface area contributed by atoms with Crippen molar-refractivity contribution in [2.24, 2.45) is 0 Å². The van der Waals surface area contributed by atoms with E-state index in [0.29, 0.717) is 45.0 Å². The maximum Gasteiger partial charge on any atom is 0.123 e. The van der Waals surface area contributed by atoms with Gasteiger partial charge in [-0.05, 0) is 37.7 Å². The molecule has 4 nitrogen and oxygen atoms in total. The number of nitrogens with zero attached hydrogens (tertiary/aromatic N) is 1. The third kappa shape index (κ3) is 5.61. The summed E-state index contributed by atoms with van der Waals surface area (Å²) in [5.74, 6) is 0.425. The van der Waals surface area contributed by atoms with Crippen LogP contribution in [0.15, 0.2) is 24.3 Å². The quantitative estimate of drug-likeness (QED) is 0.782. The number of aliphatic hydroxyl groups is 1. The van der Waals surface area contributed by atoms with Crippen molar-refractivity contribution >= 4 is 0 Å². The Morgan fingerprint density at radius 1 is 1.29 bits per heavy atom. The highest BCUT2D eigenvalue weighted by molar-refractivity contribution is 5.21. The van der Waals surface area contributed by atoms with E-state index in [1.165, 1.54) is 12.1 Å². The van der Waals surface area contributed by atoms with Gasteiger partial charge in [0.15, 0.2) is 0 Å². The first-order valence-corrected chi connectivity index (χ1v) is 7.44. The molecule has 1 saturated heterocycles. The molecule has 21 heavy (non-hydrogen) atoms. The van der Waals surface area contributed by atoms with Crippen LogP contribution >= 0.6 is 0 Å². The molecule has 1 fully saturated rings. The van der Waals surface area contributed by atoms with Crippen LogP contribution < -0.4 is 4.74 Å². The van der Waals surface area contributed by atoms with Crippen molar-refractivity contribution in [2.45, 2.75) is 24.9 Å². The largest absolute Gasteiger partial charge is 0.494 e. The summed E-state index contributed by atoms with van der Waals surface area (Å²) in [5.41, 5.74) is -0.620. The van der Waals surface area contributed by atoms with Gasteiger partial charge in [-0.1, -0.05) is 0 Å². The minimum atomic E-state index is -0.620. The predicted octanol–water partition coefficient (Wildman–Crippen LogP) is 2.07. The van der Waals surface area contributed by atoms with Gasteiger partial charge in [0, 0.05) is 39.1 Å². The maximum absolute atomic E-state index is 12.7. The summed E-state index contributed by atoms with van der Waals surface area (Å²) in [6, 6.07) is 6.04. The summed E-state index contributed by atoms with van der Waals surface area (Å²) in [4.78, 5) is 2.12. The van der Waals surface area contributed by atoms with Gasteiger partial charge in [0.2, 0.25) is 0 Å². The van der Waals surface area contributed by atoms with Crippen molar-refractivity contribution < 1.29 is 19.0 Å². The third-order valence-electron chi connectivity index (χ3n) is 3.75. The van der Waals surface area contributed by atoms with Crippen molar-refractivity contribution in [3.63, 3.8) is 0 Å². The van der Waals surface area contributed by atoms with Gasteiger partial charge in [0.05, 0.1) is 12.2 Å². The smallest absolute Gasteiger partial charge is 0.123 e. The van der Waals surface area contributed by atoms with Crippen LogP contribution in [-0.4, -0.2) is 55.6 Å². The molecular formula is C16H24FNO3. The zero-order valence-corrected chi connectivity index (χ0v) is 12.6. The average Bonchev–Trinajstić information content (AvgIpc) is 2.46. The van der Waals surface area contributed by atoms with Gasteiger partial charge in [0.1, 0.15) is 11.6 Å². The van der Waals surface area contributed by atoms with Gasteiger partial charge in [-0.25, -0.2) is 4.39 Å². The molecule has 0 radical (unpaired) electrons. The molecule has 1 heterocycles. The molecule has 118 valence electrons. The molecule has 5 heteroatoms. The summed E-state index contributed by atoms with van der Waals surface area (Å²) in [6.07, 6.45) is 2.26.